The molecule has 0 spiro atoms. The maximum atomic E-state index is 6.17. The summed E-state index contributed by atoms with van der Waals surface area (Å²) in [4.78, 5) is 0. The van der Waals surface area contributed by atoms with E-state index in [2.05, 4.69) is 15.7 Å². The molecule has 1 heterocycles. The fraction of sp³-hybridized carbons (Fsp3) is 0.846. The van der Waals surface area contributed by atoms with Crippen LogP contribution in [0.3, 0.4) is 0 Å². The quantitative estimate of drug-likeness (QED) is 0.479. The van der Waals surface area contributed by atoms with Crippen LogP contribution in [0, 0.1) is 0 Å². The lowest BCUT2D eigenvalue weighted by molar-refractivity contribution is -0.0799. The van der Waals surface area contributed by atoms with Crippen LogP contribution in [0.25, 0.3) is 0 Å². The van der Waals surface area contributed by atoms with Crippen molar-refractivity contribution in [2.45, 2.75) is 57.1 Å². The van der Waals surface area contributed by atoms with Crippen molar-refractivity contribution >= 4 is 0 Å². The van der Waals surface area contributed by atoms with E-state index < -0.39 is 0 Å². The maximum absolute atomic E-state index is 6.17. The molecule has 6 nitrogen and oxygen atoms in total. The molecule has 1 aliphatic carbocycles. The first-order valence-corrected chi connectivity index (χ1v) is 7.18. The molecular weight excluding hydrogens is 242 g/mol. The number of hydrogen-bond acceptors (Lipinski definition) is 5. The molecule has 6 heteroatoms. The molecule has 0 aliphatic heterocycles. The van der Waals surface area contributed by atoms with Gasteiger partial charge in [0.05, 0.1) is 23.5 Å². The van der Waals surface area contributed by atoms with Crippen molar-refractivity contribution in [3.8, 4) is 0 Å². The van der Waals surface area contributed by atoms with Crippen LogP contribution in [0.2, 0.25) is 0 Å². The van der Waals surface area contributed by atoms with Gasteiger partial charge in [0.2, 0.25) is 0 Å². The Kier molecular flexibility index (Phi) is 4.90. The molecule has 1 aromatic heterocycles. The number of aryl methyl sites for hydroxylation is 1. The lowest BCUT2D eigenvalue weighted by atomic mass is 9.84. The molecule has 1 unspecified atom stereocenters. The first kappa shape index (κ1) is 14.4. The number of rotatable bonds is 5. The van der Waals surface area contributed by atoms with Gasteiger partial charge in [-0.1, -0.05) is 30.9 Å². The Morgan fingerprint density at radius 2 is 2.11 bits per heavy atom. The van der Waals surface area contributed by atoms with E-state index in [1.165, 1.54) is 25.7 Å². The third-order valence-electron chi connectivity index (χ3n) is 4.12. The molecular formula is C13H25N5O. The van der Waals surface area contributed by atoms with Gasteiger partial charge >= 0.3 is 0 Å². The average molecular weight is 267 g/mol. The van der Waals surface area contributed by atoms with E-state index in [1.807, 2.05) is 14.0 Å². The summed E-state index contributed by atoms with van der Waals surface area (Å²) in [6, 6.07) is -0.0643. The van der Waals surface area contributed by atoms with Crippen molar-refractivity contribution in [1.82, 2.24) is 20.4 Å². The van der Waals surface area contributed by atoms with E-state index in [0.29, 0.717) is 6.61 Å². The summed E-state index contributed by atoms with van der Waals surface area (Å²) < 4.78 is 7.94. The van der Waals surface area contributed by atoms with Gasteiger partial charge in [-0.25, -0.2) is 5.43 Å². The van der Waals surface area contributed by atoms with E-state index in [-0.39, 0.29) is 11.6 Å². The van der Waals surface area contributed by atoms with Gasteiger partial charge in [0.25, 0.3) is 0 Å². The Morgan fingerprint density at radius 3 is 2.58 bits per heavy atom. The summed E-state index contributed by atoms with van der Waals surface area (Å²) in [6.07, 6.45) is 8.75. The van der Waals surface area contributed by atoms with Crippen molar-refractivity contribution in [2.75, 3.05) is 6.61 Å². The van der Waals surface area contributed by atoms with Crippen LogP contribution < -0.4 is 11.3 Å². The SMILES string of the molecule is CCOC1(C(NN)c2cnnn2C)CCCCCC1. The van der Waals surface area contributed by atoms with E-state index in [4.69, 9.17) is 10.6 Å². The minimum Gasteiger partial charge on any atom is -0.373 e. The van der Waals surface area contributed by atoms with Crippen LogP contribution in [0.5, 0.6) is 0 Å². The standard InChI is InChI=1S/C13H25N5O/c1-3-19-13(8-6-4-5-7-9-13)12(16-14)11-10-15-17-18(11)2/h10,12,16H,3-9,14H2,1-2H3. The number of nitrogens with zero attached hydrogens (tertiary/aromatic N) is 3. The second-order valence-electron chi connectivity index (χ2n) is 5.29. The molecule has 1 atom stereocenters. The Labute approximate surface area is 114 Å². The minimum atomic E-state index is -0.241. The van der Waals surface area contributed by atoms with E-state index in [0.717, 1.165) is 18.5 Å². The highest BCUT2D eigenvalue weighted by Gasteiger charge is 2.41. The van der Waals surface area contributed by atoms with Gasteiger partial charge in [-0.15, -0.1) is 5.10 Å². The topological polar surface area (TPSA) is 78.0 Å². The van der Waals surface area contributed by atoms with Crippen LogP contribution in [0.15, 0.2) is 6.20 Å². The Bertz CT molecular complexity index is 384. The third-order valence-corrected chi connectivity index (χ3v) is 4.12. The molecule has 0 amide bonds. The van der Waals surface area contributed by atoms with Crippen molar-refractivity contribution in [3.05, 3.63) is 11.9 Å². The van der Waals surface area contributed by atoms with Gasteiger partial charge in [-0.05, 0) is 19.8 Å². The summed E-state index contributed by atoms with van der Waals surface area (Å²) in [5, 5.41) is 7.97. The molecule has 1 aromatic rings. The molecule has 0 saturated heterocycles. The van der Waals surface area contributed by atoms with Crippen molar-refractivity contribution in [3.63, 3.8) is 0 Å². The second kappa shape index (κ2) is 6.45. The van der Waals surface area contributed by atoms with Gasteiger partial charge in [0.1, 0.15) is 0 Å². The molecule has 0 aromatic carbocycles. The van der Waals surface area contributed by atoms with Gasteiger partial charge in [0, 0.05) is 13.7 Å². The molecule has 108 valence electrons. The second-order valence-corrected chi connectivity index (χ2v) is 5.29. The molecule has 2 rings (SSSR count). The Balaban J connectivity index is 2.31. The zero-order valence-electron chi connectivity index (χ0n) is 11.9. The number of hydrogen-bond donors (Lipinski definition) is 2. The van der Waals surface area contributed by atoms with Crippen molar-refractivity contribution < 1.29 is 4.74 Å². The van der Waals surface area contributed by atoms with Gasteiger partial charge in [-0.2, -0.15) is 0 Å². The fourth-order valence-electron chi connectivity index (χ4n) is 3.20. The minimum absolute atomic E-state index is 0.0643. The van der Waals surface area contributed by atoms with Crippen molar-refractivity contribution in [1.29, 1.82) is 0 Å². The molecule has 0 radical (unpaired) electrons. The molecule has 0 bridgehead atoms. The Morgan fingerprint density at radius 1 is 1.42 bits per heavy atom. The zero-order chi connectivity index (χ0) is 13.7. The van der Waals surface area contributed by atoms with E-state index in [1.54, 1.807) is 10.9 Å². The molecule has 1 saturated carbocycles. The summed E-state index contributed by atoms with van der Waals surface area (Å²) in [5.74, 6) is 5.83. The lowest BCUT2D eigenvalue weighted by Crippen LogP contribution is -2.49. The molecule has 1 fully saturated rings. The summed E-state index contributed by atoms with van der Waals surface area (Å²) in [7, 11) is 1.89. The smallest absolute Gasteiger partial charge is 0.0934 e. The Hall–Kier alpha value is -0.980. The van der Waals surface area contributed by atoms with Crippen LogP contribution >= 0.6 is 0 Å². The molecule has 3 N–H and O–H groups in total. The molecule has 19 heavy (non-hydrogen) atoms. The lowest BCUT2D eigenvalue weighted by Gasteiger charge is -2.39. The summed E-state index contributed by atoms with van der Waals surface area (Å²) in [5.41, 5.74) is 3.69. The highest BCUT2D eigenvalue weighted by Crippen LogP contribution is 2.39. The van der Waals surface area contributed by atoms with Crippen LogP contribution in [0.1, 0.15) is 57.2 Å². The van der Waals surface area contributed by atoms with Crippen LogP contribution in [-0.2, 0) is 11.8 Å². The predicted octanol–water partition coefficient (Wildman–Crippen LogP) is 1.45. The third kappa shape index (κ3) is 2.96. The predicted molar refractivity (Wildman–Crippen MR) is 73.1 cm³/mol. The highest BCUT2D eigenvalue weighted by atomic mass is 16.5. The van der Waals surface area contributed by atoms with Crippen molar-refractivity contribution in [2.24, 2.45) is 12.9 Å². The van der Waals surface area contributed by atoms with Gasteiger partial charge < -0.3 is 4.74 Å². The van der Waals surface area contributed by atoms with E-state index in [9.17, 15) is 0 Å². The zero-order valence-corrected chi connectivity index (χ0v) is 11.9. The summed E-state index contributed by atoms with van der Waals surface area (Å²) in [6.45, 7) is 2.74. The van der Waals surface area contributed by atoms with Gasteiger partial charge in [0.15, 0.2) is 0 Å². The number of nitrogens with two attached hydrogens (primary N) is 1. The van der Waals surface area contributed by atoms with E-state index >= 15 is 0 Å². The molecule has 1 aliphatic rings. The maximum Gasteiger partial charge on any atom is 0.0934 e. The first-order chi connectivity index (χ1) is 9.23. The number of nitrogens with one attached hydrogen (secondary N) is 1. The largest absolute Gasteiger partial charge is 0.373 e. The number of aromatic nitrogens is 3. The average Bonchev–Trinajstić information content (AvgIpc) is 2.68. The summed E-state index contributed by atoms with van der Waals surface area (Å²) >= 11 is 0. The monoisotopic (exact) mass is 267 g/mol. The first-order valence-electron chi connectivity index (χ1n) is 7.18. The fourth-order valence-corrected chi connectivity index (χ4v) is 3.20. The normalized spacial score (nSPS) is 21.0. The highest BCUT2D eigenvalue weighted by molar-refractivity contribution is 5.10. The van der Waals surface area contributed by atoms with Crippen LogP contribution in [0.4, 0.5) is 0 Å². The van der Waals surface area contributed by atoms with Gasteiger partial charge in [-0.3, -0.25) is 10.5 Å². The number of ether oxygens (including phenoxy) is 1. The van der Waals surface area contributed by atoms with Crippen LogP contribution in [-0.4, -0.2) is 27.2 Å². The number of hydrazine groups is 1.